The molecule has 2 aromatic rings. The van der Waals surface area contributed by atoms with Crippen LogP contribution in [-0.4, -0.2) is 19.9 Å². The van der Waals surface area contributed by atoms with E-state index in [2.05, 4.69) is 31.6 Å². The number of nitro benzene ring substituents is 1. The van der Waals surface area contributed by atoms with Gasteiger partial charge in [-0.05, 0) is 12.1 Å². The van der Waals surface area contributed by atoms with Gasteiger partial charge in [-0.15, -0.1) is 5.10 Å². The van der Waals surface area contributed by atoms with E-state index in [-0.39, 0.29) is 5.69 Å². The van der Waals surface area contributed by atoms with E-state index in [0.29, 0.717) is 16.7 Å². The maximum absolute atomic E-state index is 10.9. The summed E-state index contributed by atoms with van der Waals surface area (Å²) in [4.78, 5) is 10.5. The molecule has 0 saturated heterocycles. The third kappa shape index (κ3) is 2.65. The van der Waals surface area contributed by atoms with Crippen molar-refractivity contribution in [2.75, 3.05) is 5.32 Å². The maximum Gasteiger partial charge on any atom is 0.293 e. The predicted octanol–water partition coefficient (Wildman–Crippen LogP) is 2.10. The summed E-state index contributed by atoms with van der Waals surface area (Å²) in [5, 5.41) is 21.4. The van der Waals surface area contributed by atoms with Crippen molar-refractivity contribution in [3.05, 3.63) is 44.7 Å². The van der Waals surface area contributed by atoms with Crippen LogP contribution in [-0.2, 0) is 13.6 Å². The van der Waals surface area contributed by atoms with Crippen molar-refractivity contribution in [2.45, 2.75) is 6.54 Å². The van der Waals surface area contributed by atoms with Gasteiger partial charge in [0.2, 0.25) is 0 Å². The van der Waals surface area contributed by atoms with Gasteiger partial charge in [-0.3, -0.25) is 14.8 Å². The van der Waals surface area contributed by atoms with Crippen LogP contribution in [0.5, 0.6) is 0 Å². The lowest BCUT2D eigenvalue weighted by Crippen LogP contribution is -2.06. The van der Waals surface area contributed by atoms with Gasteiger partial charge >= 0.3 is 0 Å². The van der Waals surface area contributed by atoms with Crippen LogP contribution in [0.3, 0.4) is 0 Å². The van der Waals surface area contributed by atoms with E-state index in [1.165, 1.54) is 6.07 Å². The van der Waals surface area contributed by atoms with Crippen molar-refractivity contribution < 1.29 is 4.92 Å². The summed E-state index contributed by atoms with van der Waals surface area (Å²) in [5.74, 6) is 0. The van der Waals surface area contributed by atoms with E-state index >= 15 is 0 Å². The van der Waals surface area contributed by atoms with E-state index < -0.39 is 4.92 Å². The van der Waals surface area contributed by atoms with Gasteiger partial charge in [0.25, 0.3) is 5.69 Å². The van der Waals surface area contributed by atoms with Crippen LogP contribution in [0.2, 0.25) is 0 Å². The van der Waals surface area contributed by atoms with Gasteiger partial charge in [0.1, 0.15) is 5.69 Å². The van der Waals surface area contributed by atoms with E-state index in [1.807, 2.05) is 0 Å². The highest BCUT2D eigenvalue weighted by Crippen LogP contribution is 2.28. The number of aryl methyl sites for hydroxylation is 1. The number of hydrogen-bond acceptors (Lipinski definition) is 5. The fourth-order valence-electron chi connectivity index (χ4n) is 1.46. The molecular weight excluding hydrogens is 302 g/mol. The molecule has 0 fully saturated rings. The van der Waals surface area contributed by atoms with E-state index in [9.17, 15) is 10.1 Å². The minimum atomic E-state index is -0.422. The highest BCUT2D eigenvalue weighted by Gasteiger charge is 2.14. The predicted molar refractivity (Wildman–Crippen MR) is 69.1 cm³/mol. The highest BCUT2D eigenvalue weighted by atomic mass is 79.9. The lowest BCUT2D eigenvalue weighted by atomic mass is 10.2. The zero-order chi connectivity index (χ0) is 13.1. The number of nitrogens with zero attached hydrogens (tertiary/aromatic N) is 4. The highest BCUT2D eigenvalue weighted by molar-refractivity contribution is 9.10. The van der Waals surface area contributed by atoms with Gasteiger partial charge in [-0.25, -0.2) is 0 Å². The molecule has 0 atom stereocenters. The van der Waals surface area contributed by atoms with E-state index in [4.69, 9.17) is 0 Å². The Balaban J connectivity index is 2.19. The van der Waals surface area contributed by atoms with Crippen molar-refractivity contribution in [3.8, 4) is 0 Å². The third-order valence-corrected chi connectivity index (χ3v) is 2.92. The molecule has 1 aromatic carbocycles. The summed E-state index contributed by atoms with van der Waals surface area (Å²) in [6.45, 7) is 0.423. The minimum absolute atomic E-state index is 0.0273. The second-order valence-electron chi connectivity index (χ2n) is 3.62. The Labute approximate surface area is 111 Å². The summed E-state index contributed by atoms with van der Waals surface area (Å²) >= 11 is 3.21. The number of anilines is 1. The molecule has 1 N–H and O–H groups in total. The lowest BCUT2D eigenvalue weighted by molar-refractivity contribution is -0.384. The van der Waals surface area contributed by atoms with Crippen molar-refractivity contribution >= 4 is 27.3 Å². The van der Waals surface area contributed by atoms with Crippen molar-refractivity contribution in [1.29, 1.82) is 0 Å². The SMILES string of the molecule is Cn1nncc1CNc1ccc(Br)cc1[N+](=O)[O-]. The topological polar surface area (TPSA) is 85.9 Å². The molecule has 0 aliphatic heterocycles. The smallest absolute Gasteiger partial charge is 0.293 e. The Kier molecular flexibility index (Phi) is 3.56. The van der Waals surface area contributed by atoms with Gasteiger partial charge in [-0.2, -0.15) is 0 Å². The zero-order valence-corrected chi connectivity index (χ0v) is 11.1. The largest absolute Gasteiger partial charge is 0.374 e. The Hall–Kier alpha value is -1.96. The fraction of sp³-hybridized carbons (Fsp3) is 0.200. The molecule has 7 nitrogen and oxygen atoms in total. The Morgan fingerprint density at radius 1 is 1.56 bits per heavy atom. The molecule has 0 spiro atoms. The van der Waals surface area contributed by atoms with Crippen LogP contribution in [0.15, 0.2) is 28.9 Å². The van der Waals surface area contributed by atoms with Crippen molar-refractivity contribution in [1.82, 2.24) is 15.0 Å². The van der Waals surface area contributed by atoms with Crippen LogP contribution in [0.1, 0.15) is 5.69 Å². The van der Waals surface area contributed by atoms with Gasteiger partial charge in [0.05, 0.1) is 23.4 Å². The fourth-order valence-corrected chi connectivity index (χ4v) is 1.81. The van der Waals surface area contributed by atoms with Crippen LogP contribution in [0.25, 0.3) is 0 Å². The summed E-state index contributed by atoms with van der Waals surface area (Å²) in [6, 6.07) is 4.87. The van der Waals surface area contributed by atoms with Gasteiger partial charge in [0, 0.05) is 17.6 Å². The second-order valence-corrected chi connectivity index (χ2v) is 4.54. The molecule has 0 radical (unpaired) electrons. The van der Waals surface area contributed by atoms with Crippen molar-refractivity contribution in [3.63, 3.8) is 0 Å². The Morgan fingerprint density at radius 3 is 2.94 bits per heavy atom. The second kappa shape index (κ2) is 5.13. The molecule has 0 unspecified atom stereocenters. The van der Waals surface area contributed by atoms with Crippen LogP contribution in [0, 0.1) is 10.1 Å². The molecule has 0 aliphatic carbocycles. The van der Waals surface area contributed by atoms with Gasteiger partial charge in [0.15, 0.2) is 0 Å². The normalized spacial score (nSPS) is 10.3. The minimum Gasteiger partial charge on any atom is -0.374 e. The molecule has 18 heavy (non-hydrogen) atoms. The molecule has 1 heterocycles. The summed E-state index contributed by atoms with van der Waals surface area (Å²) in [6.07, 6.45) is 1.61. The monoisotopic (exact) mass is 311 g/mol. The van der Waals surface area contributed by atoms with Gasteiger partial charge in [-0.1, -0.05) is 21.1 Å². The average molecular weight is 312 g/mol. The van der Waals surface area contributed by atoms with Crippen molar-refractivity contribution in [2.24, 2.45) is 7.05 Å². The number of nitrogens with one attached hydrogen (secondary N) is 1. The molecule has 94 valence electrons. The first-order chi connectivity index (χ1) is 8.58. The molecule has 0 amide bonds. The van der Waals surface area contributed by atoms with E-state index in [0.717, 1.165) is 5.69 Å². The van der Waals surface area contributed by atoms with Crippen LogP contribution >= 0.6 is 15.9 Å². The van der Waals surface area contributed by atoms with Crippen LogP contribution < -0.4 is 5.32 Å². The van der Waals surface area contributed by atoms with Crippen LogP contribution in [0.4, 0.5) is 11.4 Å². The zero-order valence-electron chi connectivity index (χ0n) is 9.50. The molecule has 0 aliphatic rings. The standard InChI is InChI=1S/C10H10BrN5O2/c1-15-8(6-13-14-15)5-12-9-3-2-7(11)4-10(9)16(17)18/h2-4,6,12H,5H2,1H3. The number of aromatic nitrogens is 3. The third-order valence-electron chi connectivity index (χ3n) is 2.42. The average Bonchev–Trinajstić information content (AvgIpc) is 2.73. The molecule has 2 rings (SSSR count). The first-order valence-electron chi connectivity index (χ1n) is 5.09. The number of nitro groups is 1. The lowest BCUT2D eigenvalue weighted by Gasteiger charge is -2.07. The first-order valence-corrected chi connectivity index (χ1v) is 5.88. The Morgan fingerprint density at radius 2 is 2.33 bits per heavy atom. The van der Waals surface area contributed by atoms with E-state index in [1.54, 1.807) is 30.1 Å². The number of benzene rings is 1. The number of hydrogen-bond donors (Lipinski definition) is 1. The molecule has 0 bridgehead atoms. The molecule has 0 saturated carbocycles. The Bertz CT molecular complexity index is 583. The molecule has 1 aromatic heterocycles. The molecule has 8 heteroatoms. The van der Waals surface area contributed by atoms with Gasteiger partial charge < -0.3 is 5.32 Å². The number of halogens is 1. The summed E-state index contributed by atoms with van der Waals surface area (Å²) in [5.41, 5.74) is 1.33. The maximum atomic E-state index is 10.9. The molecular formula is C10H10BrN5O2. The quantitative estimate of drug-likeness (QED) is 0.690. The summed E-state index contributed by atoms with van der Waals surface area (Å²) in [7, 11) is 1.76. The first kappa shape index (κ1) is 12.5. The number of rotatable bonds is 4. The summed E-state index contributed by atoms with van der Waals surface area (Å²) < 4.78 is 2.28.